The summed E-state index contributed by atoms with van der Waals surface area (Å²) in [6.45, 7) is 4.70. The molecule has 0 bridgehead atoms. The van der Waals surface area contributed by atoms with Gasteiger partial charge in [-0.05, 0) is 24.5 Å². The van der Waals surface area contributed by atoms with Gasteiger partial charge in [-0.2, -0.15) is 5.10 Å². The quantitative estimate of drug-likeness (QED) is 0.743. The zero-order valence-electron chi connectivity index (χ0n) is 8.64. The second-order valence-corrected chi connectivity index (χ2v) is 3.77. The van der Waals surface area contributed by atoms with Gasteiger partial charge in [-0.25, -0.2) is 0 Å². The Morgan fingerprint density at radius 3 is 2.86 bits per heavy atom. The summed E-state index contributed by atoms with van der Waals surface area (Å²) in [5, 5.41) is 20.2. The van der Waals surface area contributed by atoms with Crippen molar-refractivity contribution in [1.29, 1.82) is 0 Å². The predicted octanol–water partition coefficient (Wildman–Crippen LogP) is 1.30. The Morgan fingerprint density at radius 1 is 1.50 bits per heavy atom. The average molecular weight is 195 g/mol. The van der Waals surface area contributed by atoms with Crippen molar-refractivity contribution in [3.8, 4) is 0 Å². The number of anilines is 1. The molecule has 0 aliphatic carbocycles. The summed E-state index contributed by atoms with van der Waals surface area (Å²) in [6, 6.07) is 3.64. The molecule has 14 heavy (non-hydrogen) atoms. The van der Waals surface area contributed by atoms with Crippen LogP contribution < -0.4 is 5.32 Å². The largest absolute Gasteiger partial charge is 0.391 e. The second kappa shape index (κ2) is 5.54. The Labute approximate surface area is 84.4 Å². The number of aromatic nitrogens is 2. The number of aliphatic hydroxyl groups excluding tert-OH is 1. The summed E-state index contributed by atoms with van der Waals surface area (Å²) in [5.41, 5.74) is 0. The van der Waals surface area contributed by atoms with Gasteiger partial charge in [0.1, 0.15) is 5.82 Å². The highest BCUT2D eigenvalue weighted by molar-refractivity contribution is 5.31. The summed E-state index contributed by atoms with van der Waals surface area (Å²) in [5.74, 6) is 1.21. The number of nitrogens with zero attached hydrogens (tertiary/aromatic N) is 2. The summed E-state index contributed by atoms with van der Waals surface area (Å²) in [6.07, 6.45) is 2.10. The zero-order chi connectivity index (χ0) is 10.4. The molecule has 78 valence electrons. The molecule has 2 N–H and O–H groups in total. The molecule has 1 rings (SSSR count). The van der Waals surface area contributed by atoms with E-state index >= 15 is 0 Å². The summed E-state index contributed by atoms with van der Waals surface area (Å²) < 4.78 is 0. The lowest BCUT2D eigenvalue weighted by molar-refractivity contribution is 0.161. The molecule has 0 aromatic carbocycles. The van der Waals surface area contributed by atoms with Crippen molar-refractivity contribution >= 4 is 5.82 Å². The Bertz CT molecular complexity index is 251. The maximum atomic E-state index is 9.57. The van der Waals surface area contributed by atoms with Crippen molar-refractivity contribution in [2.45, 2.75) is 26.4 Å². The highest BCUT2D eigenvalue weighted by atomic mass is 16.3. The van der Waals surface area contributed by atoms with Crippen LogP contribution >= 0.6 is 0 Å². The van der Waals surface area contributed by atoms with E-state index in [1.807, 2.05) is 12.1 Å². The van der Waals surface area contributed by atoms with Crippen LogP contribution in [0.3, 0.4) is 0 Å². The van der Waals surface area contributed by atoms with Gasteiger partial charge in [0.15, 0.2) is 0 Å². The van der Waals surface area contributed by atoms with Crippen molar-refractivity contribution < 1.29 is 5.11 Å². The first kappa shape index (κ1) is 10.9. The van der Waals surface area contributed by atoms with E-state index in [2.05, 4.69) is 29.4 Å². The lowest BCUT2D eigenvalue weighted by Crippen LogP contribution is -2.21. The van der Waals surface area contributed by atoms with E-state index in [1.54, 1.807) is 6.20 Å². The minimum absolute atomic E-state index is 0.322. The second-order valence-electron chi connectivity index (χ2n) is 3.77. The van der Waals surface area contributed by atoms with Crippen LogP contribution in [0.5, 0.6) is 0 Å². The van der Waals surface area contributed by atoms with Crippen LogP contribution in [0, 0.1) is 5.92 Å². The topological polar surface area (TPSA) is 58.0 Å². The Kier molecular flexibility index (Phi) is 4.32. The molecule has 1 aromatic heterocycles. The summed E-state index contributed by atoms with van der Waals surface area (Å²) >= 11 is 0. The third-order valence-electron chi connectivity index (χ3n) is 1.83. The van der Waals surface area contributed by atoms with Gasteiger partial charge in [0.25, 0.3) is 0 Å². The van der Waals surface area contributed by atoms with Crippen molar-refractivity contribution in [3.05, 3.63) is 18.3 Å². The first-order chi connectivity index (χ1) is 6.68. The van der Waals surface area contributed by atoms with Crippen molar-refractivity contribution in [3.63, 3.8) is 0 Å². The molecule has 0 saturated carbocycles. The molecule has 1 unspecified atom stereocenters. The standard InChI is InChI=1S/C10H17N3O/c1-8(2)6-9(14)7-11-10-4-3-5-12-13-10/h3-5,8-9,14H,6-7H2,1-2H3,(H,11,13). The smallest absolute Gasteiger partial charge is 0.148 e. The number of aliphatic hydroxyl groups is 1. The molecule has 1 atom stereocenters. The van der Waals surface area contributed by atoms with Gasteiger partial charge >= 0.3 is 0 Å². The SMILES string of the molecule is CC(C)CC(O)CNc1cccnn1. The summed E-state index contributed by atoms with van der Waals surface area (Å²) in [4.78, 5) is 0. The minimum atomic E-state index is -0.322. The van der Waals surface area contributed by atoms with E-state index < -0.39 is 0 Å². The maximum absolute atomic E-state index is 9.57. The third-order valence-corrected chi connectivity index (χ3v) is 1.83. The van der Waals surface area contributed by atoms with E-state index in [0.717, 1.165) is 6.42 Å². The molecule has 4 heteroatoms. The Hall–Kier alpha value is -1.16. The van der Waals surface area contributed by atoms with Gasteiger partial charge in [0.05, 0.1) is 6.10 Å². The van der Waals surface area contributed by atoms with Crippen LogP contribution in [0.15, 0.2) is 18.3 Å². The van der Waals surface area contributed by atoms with Gasteiger partial charge in [-0.15, -0.1) is 5.10 Å². The van der Waals surface area contributed by atoms with Gasteiger partial charge in [-0.1, -0.05) is 13.8 Å². The van der Waals surface area contributed by atoms with Crippen LogP contribution in [0.1, 0.15) is 20.3 Å². The van der Waals surface area contributed by atoms with E-state index in [1.165, 1.54) is 0 Å². The first-order valence-corrected chi connectivity index (χ1v) is 4.88. The molecule has 4 nitrogen and oxygen atoms in total. The van der Waals surface area contributed by atoms with E-state index in [-0.39, 0.29) is 6.10 Å². The minimum Gasteiger partial charge on any atom is -0.391 e. The number of hydrogen-bond donors (Lipinski definition) is 2. The fraction of sp³-hybridized carbons (Fsp3) is 0.600. The Morgan fingerprint density at radius 2 is 2.29 bits per heavy atom. The molecular weight excluding hydrogens is 178 g/mol. The molecule has 0 spiro atoms. The van der Waals surface area contributed by atoms with E-state index in [4.69, 9.17) is 0 Å². The molecule has 0 radical (unpaired) electrons. The fourth-order valence-corrected chi connectivity index (χ4v) is 1.25. The molecule has 0 saturated heterocycles. The van der Waals surface area contributed by atoms with E-state index in [9.17, 15) is 5.11 Å². The Balaban J connectivity index is 2.27. The van der Waals surface area contributed by atoms with Crippen LogP contribution in [0.4, 0.5) is 5.82 Å². The maximum Gasteiger partial charge on any atom is 0.148 e. The van der Waals surface area contributed by atoms with Crippen LogP contribution in [-0.2, 0) is 0 Å². The number of hydrogen-bond acceptors (Lipinski definition) is 4. The van der Waals surface area contributed by atoms with Gasteiger partial charge in [-0.3, -0.25) is 0 Å². The molecule has 0 aliphatic rings. The fourth-order valence-electron chi connectivity index (χ4n) is 1.25. The van der Waals surface area contributed by atoms with Crippen molar-refractivity contribution in [2.24, 2.45) is 5.92 Å². The van der Waals surface area contributed by atoms with Crippen LogP contribution in [0.2, 0.25) is 0 Å². The van der Waals surface area contributed by atoms with Gasteiger partial charge < -0.3 is 10.4 Å². The summed E-state index contributed by atoms with van der Waals surface area (Å²) in [7, 11) is 0. The van der Waals surface area contributed by atoms with Gasteiger partial charge in [0.2, 0.25) is 0 Å². The highest BCUT2D eigenvalue weighted by Crippen LogP contribution is 2.05. The molecule has 0 fully saturated rings. The van der Waals surface area contributed by atoms with Crippen LogP contribution in [-0.4, -0.2) is 28.0 Å². The van der Waals surface area contributed by atoms with E-state index in [0.29, 0.717) is 18.3 Å². The van der Waals surface area contributed by atoms with Gasteiger partial charge in [0, 0.05) is 12.7 Å². The lowest BCUT2D eigenvalue weighted by Gasteiger charge is -2.13. The third kappa shape index (κ3) is 4.18. The monoisotopic (exact) mass is 195 g/mol. The zero-order valence-corrected chi connectivity index (χ0v) is 8.64. The lowest BCUT2D eigenvalue weighted by atomic mass is 10.1. The van der Waals surface area contributed by atoms with Crippen molar-refractivity contribution in [2.75, 3.05) is 11.9 Å². The average Bonchev–Trinajstić information content (AvgIpc) is 2.15. The normalized spacial score (nSPS) is 12.9. The molecule has 1 heterocycles. The predicted molar refractivity (Wildman–Crippen MR) is 56.0 cm³/mol. The molecular formula is C10H17N3O. The highest BCUT2D eigenvalue weighted by Gasteiger charge is 2.06. The first-order valence-electron chi connectivity index (χ1n) is 4.88. The molecule has 1 aromatic rings. The molecule has 0 aliphatic heterocycles. The molecule has 0 amide bonds. The van der Waals surface area contributed by atoms with Crippen LogP contribution in [0.25, 0.3) is 0 Å². The number of nitrogens with one attached hydrogen (secondary N) is 1. The number of rotatable bonds is 5. The van der Waals surface area contributed by atoms with Crippen molar-refractivity contribution in [1.82, 2.24) is 10.2 Å².